The van der Waals surface area contributed by atoms with Crippen molar-refractivity contribution in [3.05, 3.63) is 35.8 Å². The molecule has 1 N–H and O–H groups in total. The first-order valence-electron chi connectivity index (χ1n) is 11.7. The van der Waals surface area contributed by atoms with Gasteiger partial charge in [-0.15, -0.1) is 5.10 Å². The monoisotopic (exact) mass is 543 g/mol. The quantitative estimate of drug-likeness (QED) is 0.428. The Balaban J connectivity index is 1.78. The van der Waals surface area contributed by atoms with Gasteiger partial charge in [-0.1, -0.05) is 5.21 Å². The summed E-state index contributed by atoms with van der Waals surface area (Å²) < 4.78 is 70.6. The van der Waals surface area contributed by atoms with E-state index in [4.69, 9.17) is 23.7 Å². The number of carboxylic acid groups (broad SMARTS) is 1. The zero-order chi connectivity index (χ0) is 28.0. The summed E-state index contributed by atoms with van der Waals surface area (Å²) in [5.74, 6) is -8.02. The normalized spacial score (nSPS) is 27.0. The first-order valence-corrected chi connectivity index (χ1v) is 11.7. The molecule has 0 aliphatic carbocycles. The number of halogens is 3. The molecule has 2 fully saturated rings. The number of hydrogen-bond acceptors (Lipinski definition) is 9. The molecule has 0 amide bonds. The summed E-state index contributed by atoms with van der Waals surface area (Å²) in [7, 11) is 0. The van der Waals surface area contributed by atoms with Crippen LogP contribution in [0.1, 0.15) is 34.6 Å². The molecule has 0 radical (unpaired) electrons. The number of esters is 1. The molecule has 38 heavy (non-hydrogen) atoms. The lowest BCUT2D eigenvalue weighted by Crippen LogP contribution is -2.72. The molecule has 2 aliphatic rings. The van der Waals surface area contributed by atoms with E-state index in [0.29, 0.717) is 12.1 Å². The molecule has 3 heterocycles. The zero-order valence-electron chi connectivity index (χ0n) is 21.4. The summed E-state index contributed by atoms with van der Waals surface area (Å²) in [6.45, 7) is 7.20. The molecule has 1 aromatic carbocycles. The van der Waals surface area contributed by atoms with Crippen molar-refractivity contribution in [1.82, 2.24) is 15.0 Å². The third-order valence-corrected chi connectivity index (χ3v) is 6.05. The van der Waals surface area contributed by atoms with Crippen molar-refractivity contribution in [3.8, 4) is 11.3 Å². The van der Waals surface area contributed by atoms with Crippen LogP contribution in [0.25, 0.3) is 11.3 Å². The van der Waals surface area contributed by atoms with Crippen LogP contribution < -0.4 is 0 Å². The van der Waals surface area contributed by atoms with E-state index >= 15 is 0 Å². The molecule has 4 rings (SSSR count). The second kappa shape index (κ2) is 9.91. The van der Waals surface area contributed by atoms with Gasteiger partial charge in [-0.25, -0.2) is 27.4 Å². The number of aromatic nitrogens is 3. The minimum Gasteiger partial charge on any atom is -0.479 e. The predicted octanol–water partition coefficient (Wildman–Crippen LogP) is 2.42. The van der Waals surface area contributed by atoms with Crippen molar-refractivity contribution in [1.29, 1.82) is 0 Å². The van der Waals surface area contributed by atoms with E-state index < -0.39 is 71.2 Å². The van der Waals surface area contributed by atoms with Crippen molar-refractivity contribution < 1.29 is 51.6 Å². The second-order valence-electron chi connectivity index (χ2n) is 10.4. The lowest BCUT2D eigenvalue weighted by molar-refractivity contribution is -0.353. The van der Waals surface area contributed by atoms with Crippen molar-refractivity contribution >= 4 is 11.9 Å². The molecule has 4 atom stereocenters. The molecule has 0 spiro atoms. The number of rotatable bonds is 6. The van der Waals surface area contributed by atoms with Gasteiger partial charge < -0.3 is 28.8 Å². The van der Waals surface area contributed by atoms with E-state index in [1.165, 1.54) is 0 Å². The summed E-state index contributed by atoms with van der Waals surface area (Å²) in [6.07, 6.45) is -2.39. The van der Waals surface area contributed by atoms with Gasteiger partial charge in [-0.3, -0.25) is 0 Å². The Hall–Kier alpha value is -3.07. The Morgan fingerprint density at radius 2 is 1.84 bits per heavy atom. The highest BCUT2D eigenvalue weighted by Crippen LogP contribution is 2.42. The maximum Gasteiger partial charge on any atom is 0.337 e. The Morgan fingerprint density at radius 3 is 2.45 bits per heavy atom. The van der Waals surface area contributed by atoms with Gasteiger partial charge in [-0.2, -0.15) is 0 Å². The van der Waals surface area contributed by atoms with Crippen LogP contribution in [0.5, 0.6) is 0 Å². The molecular weight excluding hydrogens is 515 g/mol. The molecule has 2 saturated heterocycles. The zero-order valence-corrected chi connectivity index (χ0v) is 21.4. The Kier molecular flexibility index (Phi) is 7.29. The van der Waals surface area contributed by atoms with E-state index in [1.54, 1.807) is 34.6 Å². The van der Waals surface area contributed by atoms with Crippen LogP contribution in [0.4, 0.5) is 13.2 Å². The molecular formula is C24H28F3N3O8. The van der Waals surface area contributed by atoms with E-state index in [9.17, 15) is 27.9 Å². The van der Waals surface area contributed by atoms with Crippen LogP contribution in [-0.4, -0.2) is 81.6 Å². The van der Waals surface area contributed by atoms with Crippen LogP contribution in [-0.2, 0) is 38.8 Å². The third kappa shape index (κ3) is 5.25. The summed E-state index contributed by atoms with van der Waals surface area (Å²) in [5.41, 5.74) is -3.32. The van der Waals surface area contributed by atoms with Crippen molar-refractivity contribution in [2.24, 2.45) is 0 Å². The van der Waals surface area contributed by atoms with E-state index in [-0.39, 0.29) is 24.5 Å². The molecule has 11 nitrogen and oxygen atoms in total. The predicted molar refractivity (Wildman–Crippen MR) is 121 cm³/mol. The average Bonchev–Trinajstić information content (AvgIpc) is 3.29. The van der Waals surface area contributed by atoms with Crippen LogP contribution >= 0.6 is 0 Å². The Labute approximate surface area is 215 Å². The SMILES string of the molecule is CC(C)(C)OC(=O)CO[C@H]1CO[C@@H]2COC(C)(C)O[C@@H]2[C@]1(C(=O)O)n1cc(-c2cc(F)c(F)c(F)c2)nn1. The lowest BCUT2D eigenvalue weighted by Gasteiger charge is -2.52. The standard InChI is InChI=1S/C24H28F3N3O8/c1-22(2,3)37-18(31)11-35-17-10-34-16-9-36-23(4,5)38-20(16)24(17,21(32)33)30-8-15(28-29-30)12-6-13(25)19(27)14(26)7-12/h6-8,16-17,20H,9-11H2,1-5H3,(H,32,33)/t16-,17+,20+,24-/m1/s1. The van der Waals surface area contributed by atoms with Gasteiger partial charge in [0.05, 0.1) is 19.4 Å². The number of ether oxygens (including phenoxy) is 5. The summed E-state index contributed by atoms with van der Waals surface area (Å²) in [6, 6.07) is 1.41. The fraction of sp³-hybridized carbons (Fsp3) is 0.583. The highest BCUT2D eigenvalue weighted by Gasteiger charge is 2.65. The number of carbonyl (C=O) groups excluding carboxylic acids is 1. The Morgan fingerprint density at radius 1 is 1.18 bits per heavy atom. The first-order chi connectivity index (χ1) is 17.6. The van der Waals surface area contributed by atoms with Gasteiger partial charge in [-0.05, 0) is 46.8 Å². The number of carbonyl (C=O) groups is 2. The maximum absolute atomic E-state index is 13.9. The van der Waals surface area contributed by atoms with Crippen LogP contribution in [0.15, 0.2) is 18.3 Å². The number of carboxylic acids is 1. The minimum atomic E-state index is -2.17. The summed E-state index contributed by atoms with van der Waals surface area (Å²) in [5, 5.41) is 18.5. The lowest BCUT2D eigenvalue weighted by atomic mass is 9.80. The molecule has 0 saturated carbocycles. The van der Waals surface area contributed by atoms with Crippen LogP contribution in [0.2, 0.25) is 0 Å². The molecule has 2 aliphatic heterocycles. The van der Waals surface area contributed by atoms with Crippen molar-refractivity contribution in [2.75, 3.05) is 19.8 Å². The molecule has 1 aromatic heterocycles. The second-order valence-corrected chi connectivity index (χ2v) is 10.4. The number of benzene rings is 1. The van der Waals surface area contributed by atoms with Crippen LogP contribution in [0.3, 0.4) is 0 Å². The highest BCUT2D eigenvalue weighted by molar-refractivity contribution is 5.79. The molecule has 14 heteroatoms. The highest BCUT2D eigenvalue weighted by atomic mass is 19.2. The van der Waals surface area contributed by atoms with E-state index in [1.807, 2.05) is 0 Å². The van der Waals surface area contributed by atoms with Gasteiger partial charge in [0.1, 0.15) is 36.2 Å². The van der Waals surface area contributed by atoms with E-state index in [2.05, 4.69) is 10.3 Å². The minimum absolute atomic E-state index is 0.0264. The van der Waals surface area contributed by atoms with Crippen LogP contribution in [0, 0.1) is 17.5 Å². The first kappa shape index (κ1) is 28.0. The number of nitrogens with zero attached hydrogens (tertiary/aromatic N) is 3. The van der Waals surface area contributed by atoms with Crippen molar-refractivity contribution in [2.45, 2.75) is 69.9 Å². The molecule has 208 valence electrons. The fourth-order valence-corrected chi connectivity index (χ4v) is 4.45. The van der Waals surface area contributed by atoms with Gasteiger partial charge in [0.2, 0.25) is 5.54 Å². The average molecular weight is 543 g/mol. The van der Waals surface area contributed by atoms with Gasteiger partial charge in [0.25, 0.3) is 0 Å². The number of hydrogen-bond donors (Lipinski definition) is 1. The fourth-order valence-electron chi connectivity index (χ4n) is 4.45. The smallest absolute Gasteiger partial charge is 0.337 e. The summed E-state index contributed by atoms with van der Waals surface area (Å²) >= 11 is 0. The summed E-state index contributed by atoms with van der Waals surface area (Å²) in [4.78, 5) is 25.5. The third-order valence-electron chi connectivity index (χ3n) is 6.05. The van der Waals surface area contributed by atoms with Gasteiger partial charge in [0, 0.05) is 5.56 Å². The number of aliphatic carboxylic acids is 1. The molecule has 2 aromatic rings. The maximum atomic E-state index is 13.9. The van der Waals surface area contributed by atoms with E-state index in [0.717, 1.165) is 10.9 Å². The van der Waals surface area contributed by atoms with Gasteiger partial charge in [0.15, 0.2) is 23.2 Å². The van der Waals surface area contributed by atoms with Gasteiger partial charge >= 0.3 is 11.9 Å². The largest absolute Gasteiger partial charge is 0.479 e. The topological polar surface area (TPSA) is 131 Å². The molecule has 0 unspecified atom stereocenters. The molecule has 0 bridgehead atoms. The van der Waals surface area contributed by atoms with Crippen molar-refractivity contribution in [3.63, 3.8) is 0 Å². The number of fused-ring (bicyclic) bond motifs is 1. The Bertz CT molecular complexity index is 1210.